The van der Waals surface area contributed by atoms with Gasteiger partial charge in [-0.15, -0.1) is 11.8 Å². The molecule has 1 aromatic carbocycles. The number of anilines is 1. The van der Waals surface area contributed by atoms with Crippen molar-refractivity contribution in [1.29, 1.82) is 0 Å². The molecule has 3 rings (SSSR count). The van der Waals surface area contributed by atoms with Crippen LogP contribution in [0.2, 0.25) is 0 Å². The highest BCUT2D eigenvalue weighted by Crippen LogP contribution is 2.32. The van der Waals surface area contributed by atoms with Crippen LogP contribution in [0.15, 0.2) is 18.2 Å². The van der Waals surface area contributed by atoms with Gasteiger partial charge in [-0.3, -0.25) is 9.59 Å². The molecule has 0 spiro atoms. The zero-order valence-electron chi connectivity index (χ0n) is 11.9. The molecule has 1 saturated carbocycles. The van der Waals surface area contributed by atoms with Crippen molar-refractivity contribution in [1.82, 2.24) is 4.90 Å². The first kappa shape index (κ1) is 15.3. The largest absolute Gasteiger partial charge is 0.322 e. The summed E-state index contributed by atoms with van der Waals surface area (Å²) in [6, 6.07) is 2.99. The van der Waals surface area contributed by atoms with Gasteiger partial charge >= 0.3 is 0 Å². The quantitative estimate of drug-likeness (QED) is 0.929. The molecular formula is C15H16F2N2O2S. The van der Waals surface area contributed by atoms with Crippen LogP contribution in [0.5, 0.6) is 0 Å². The van der Waals surface area contributed by atoms with E-state index in [1.807, 2.05) is 0 Å². The van der Waals surface area contributed by atoms with Crippen molar-refractivity contribution in [2.45, 2.75) is 25.3 Å². The van der Waals surface area contributed by atoms with Crippen molar-refractivity contribution >= 4 is 29.3 Å². The minimum absolute atomic E-state index is 0.00360. The third kappa shape index (κ3) is 2.82. The Morgan fingerprint density at radius 2 is 2.05 bits per heavy atom. The summed E-state index contributed by atoms with van der Waals surface area (Å²) >= 11 is 1.49. The maximum Gasteiger partial charge on any atom is 0.248 e. The molecule has 0 radical (unpaired) electrons. The van der Waals surface area contributed by atoms with Crippen molar-refractivity contribution in [2.75, 3.05) is 16.9 Å². The summed E-state index contributed by atoms with van der Waals surface area (Å²) in [7, 11) is 0. The molecule has 1 aliphatic heterocycles. The number of nitrogens with zero attached hydrogens (tertiary/aromatic N) is 1. The summed E-state index contributed by atoms with van der Waals surface area (Å²) in [4.78, 5) is 26.2. The third-order valence-corrected chi connectivity index (χ3v) is 5.14. The second kappa shape index (κ2) is 6.24. The molecule has 2 amide bonds. The van der Waals surface area contributed by atoms with Gasteiger partial charge in [0.2, 0.25) is 11.8 Å². The lowest BCUT2D eigenvalue weighted by Crippen LogP contribution is -2.48. The van der Waals surface area contributed by atoms with Crippen molar-refractivity contribution in [3.8, 4) is 0 Å². The number of carbonyl (C=O) groups excluding carboxylic acids is 2. The van der Waals surface area contributed by atoms with Crippen LogP contribution in [0.3, 0.4) is 0 Å². The first-order valence-electron chi connectivity index (χ1n) is 7.21. The molecule has 2 aliphatic rings. The van der Waals surface area contributed by atoms with E-state index in [1.54, 1.807) is 4.90 Å². The van der Waals surface area contributed by atoms with Gasteiger partial charge in [-0.1, -0.05) is 12.5 Å². The maximum absolute atomic E-state index is 13.6. The maximum atomic E-state index is 13.6. The Bertz CT molecular complexity index is 607. The van der Waals surface area contributed by atoms with E-state index in [0.29, 0.717) is 11.6 Å². The average Bonchev–Trinajstić information content (AvgIpc) is 2.91. The Labute approximate surface area is 131 Å². The summed E-state index contributed by atoms with van der Waals surface area (Å²) in [6.07, 6.45) is 2.78. The van der Waals surface area contributed by atoms with E-state index in [4.69, 9.17) is 0 Å². The number of thioether (sulfide) groups is 1. The summed E-state index contributed by atoms with van der Waals surface area (Å²) in [5, 5.41) is 2.39. The smallest absolute Gasteiger partial charge is 0.248 e. The summed E-state index contributed by atoms with van der Waals surface area (Å²) < 4.78 is 26.8. The monoisotopic (exact) mass is 326 g/mol. The molecule has 0 bridgehead atoms. The number of hydrogen-bond acceptors (Lipinski definition) is 3. The Hall–Kier alpha value is -1.63. The first-order valence-corrected chi connectivity index (χ1v) is 8.36. The van der Waals surface area contributed by atoms with Crippen molar-refractivity contribution in [2.24, 2.45) is 5.92 Å². The zero-order chi connectivity index (χ0) is 15.7. The molecule has 22 heavy (non-hydrogen) atoms. The van der Waals surface area contributed by atoms with Crippen LogP contribution in [0, 0.1) is 17.6 Å². The van der Waals surface area contributed by atoms with Gasteiger partial charge in [-0.05, 0) is 25.0 Å². The molecule has 1 atom stereocenters. The van der Waals surface area contributed by atoms with E-state index in [9.17, 15) is 18.4 Å². The van der Waals surface area contributed by atoms with E-state index in [-0.39, 0.29) is 17.5 Å². The van der Waals surface area contributed by atoms with E-state index in [1.165, 1.54) is 23.9 Å². The van der Waals surface area contributed by atoms with E-state index >= 15 is 0 Å². The van der Waals surface area contributed by atoms with Crippen molar-refractivity contribution in [3.05, 3.63) is 29.8 Å². The lowest BCUT2D eigenvalue weighted by atomic mass is 9.84. The second-order valence-corrected chi connectivity index (χ2v) is 6.54. The number of rotatable bonds is 3. The number of halogens is 2. The Kier molecular flexibility index (Phi) is 4.33. The van der Waals surface area contributed by atoms with Gasteiger partial charge in [0.15, 0.2) is 11.6 Å². The Morgan fingerprint density at radius 1 is 1.27 bits per heavy atom. The molecular weight excluding hydrogens is 310 g/mol. The molecule has 0 aromatic heterocycles. The fraction of sp³-hybridized carbons (Fsp3) is 0.467. The van der Waals surface area contributed by atoms with Gasteiger partial charge in [-0.2, -0.15) is 0 Å². The number of amides is 2. The van der Waals surface area contributed by atoms with Gasteiger partial charge in [0, 0.05) is 11.7 Å². The Morgan fingerprint density at radius 3 is 2.73 bits per heavy atom. The lowest BCUT2D eigenvalue weighted by Gasteiger charge is -2.31. The van der Waals surface area contributed by atoms with Crippen molar-refractivity contribution in [3.63, 3.8) is 0 Å². The molecule has 1 saturated heterocycles. The highest BCUT2D eigenvalue weighted by molar-refractivity contribution is 7.99. The standard InChI is InChI=1S/C15H16F2N2O2S/c16-10-5-2-6-11(13(10)17)18-14(20)12-7-22-8-19(12)15(21)9-3-1-4-9/h2,5-6,9,12H,1,3-4,7-8H2,(H,18,20). The predicted molar refractivity (Wildman–Crippen MR) is 80.3 cm³/mol. The second-order valence-electron chi connectivity index (χ2n) is 5.54. The molecule has 4 nitrogen and oxygen atoms in total. The van der Waals surface area contributed by atoms with Gasteiger partial charge < -0.3 is 10.2 Å². The van der Waals surface area contributed by atoms with E-state index in [2.05, 4.69) is 5.32 Å². The minimum atomic E-state index is -1.08. The Balaban J connectivity index is 1.70. The average molecular weight is 326 g/mol. The fourth-order valence-corrected chi connectivity index (χ4v) is 3.75. The topological polar surface area (TPSA) is 49.4 Å². The first-order chi connectivity index (χ1) is 10.6. The molecule has 1 aromatic rings. The van der Waals surface area contributed by atoms with Crippen LogP contribution in [-0.4, -0.2) is 34.4 Å². The highest BCUT2D eigenvalue weighted by atomic mass is 32.2. The van der Waals surface area contributed by atoms with E-state index < -0.39 is 23.6 Å². The van der Waals surface area contributed by atoms with Crippen LogP contribution in [0.25, 0.3) is 0 Å². The molecule has 1 aliphatic carbocycles. The van der Waals surface area contributed by atoms with Gasteiger partial charge in [-0.25, -0.2) is 8.78 Å². The van der Waals surface area contributed by atoms with Crippen LogP contribution >= 0.6 is 11.8 Å². The lowest BCUT2D eigenvalue weighted by molar-refractivity contribution is -0.141. The fourth-order valence-electron chi connectivity index (χ4n) is 2.58. The summed E-state index contributed by atoms with van der Waals surface area (Å²) in [5.74, 6) is -1.61. The van der Waals surface area contributed by atoms with Crippen LogP contribution in [-0.2, 0) is 9.59 Å². The molecule has 118 valence electrons. The normalized spacial score (nSPS) is 21.5. The van der Waals surface area contributed by atoms with Crippen LogP contribution in [0.1, 0.15) is 19.3 Å². The zero-order valence-corrected chi connectivity index (χ0v) is 12.7. The van der Waals surface area contributed by atoms with Crippen molar-refractivity contribution < 1.29 is 18.4 Å². The van der Waals surface area contributed by atoms with Gasteiger partial charge in [0.25, 0.3) is 0 Å². The molecule has 1 unspecified atom stereocenters. The number of hydrogen-bond donors (Lipinski definition) is 1. The molecule has 1 N–H and O–H groups in total. The molecule has 7 heteroatoms. The number of nitrogens with one attached hydrogen (secondary N) is 1. The molecule has 1 heterocycles. The third-order valence-electron chi connectivity index (χ3n) is 4.13. The van der Waals surface area contributed by atoms with Gasteiger partial charge in [0.05, 0.1) is 11.6 Å². The molecule has 2 fully saturated rings. The van der Waals surface area contributed by atoms with Crippen LogP contribution in [0.4, 0.5) is 14.5 Å². The van der Waals surface area contributed by atoms with Crippen LogP contribution < -0.4 is 5.32 Å². The van der Waals surface area contributed by atoms with Gasteiger partial charge in [0.1, 0.15) is 6.04 Å². The number of carbonyl (C=O) groups is 2. The highest BCUT2D eigenvalue weighted by Gasteiger charge is 2.39. The van der Waals surface area contributed by atoms with E-state index in [0.717, 1.165) is 25.3 Å². The summed E-state index contributed by atoms with van der Waals surface area (Å²) in [6.45, 7) is 0. The predicted octanol–water partition coefficient (Wildman–Crippen LogP) is 2.60. The minimum Gasteiger partial charge on any atom is -0.322 e. The SMILES string of the molecule is O=C(Nc1cccc(F)c1F)C1CSCN1C(=O)C1CCC1. The summed E-state index contributed by atoms with van der Waals surface area (Å²) in [5.41, 5.74) is -0.196. The number of benzene rings is 1.